The van der Waals surface area contributed by atoms with Crippen molar-refractivity contribution in [2.24, 2.45) is 11.7 Å². The smallest absolute Gasteiger partial charge is 0.312 e. The standard InChI is InChI=1S/C33H43N3O4/c1-23(20-39-3)21-40-22-25-8-11-28(12-9-25)33(38)15-17-35-19-31(33)29-13-10-27(18-24(29)2)30-7-5-4-6-26(30)14-16-36-32(34)37/h4-13,18,23,31,35,38H,14-17,19-22H2,1-3H3,(H3,34,36,37). The van der Waals surface area contributed by atoms with E-state index in [0.29, 0.717) is 51.7 Å². The molecule has 1 aliphatic heterocycles. The maximum absolute atomic E-state index is 12.1. The number of amides is 2. The van der Waals surface area contributed by atoms with Crippen LogP contribution in [-0.2, 0) is 28.1 Å². The van der Waals surface area contributed by atoms with Gasteiger partial charge in [0.05, 0.1) is 25.4 Å². The molecule has 0 aromatic heterocycles. The summed E-state index contributed by atoms with van der Waals surface area (Å²) in [6.07, 6.45) is 1.33. The second kappa shape index (κ2) is 13.9. The molecule has 7 heteroatoms. The number of carbonyl (C=O) groups excluding carboxylic acids is 1. The third-order valence-corrected chi connectivity index (χ3v) is 7.85. The predicted molar refractivity (Wildman–Crippen MR) is 159 cm³/mol. The van der Waals surface area contributed by atoms with Crippen molar-refractivity contribution in [2.75, 3.05) is 40.0 Å². The van der Waals surface area contributed by atoms with Crippen LogP contribution >= 0.6 is 0 Å². The van der Waals surface area contributed by atoms with Crippen LogP contribution in [0.25, 0.3) is 11.1 Å². The van der Waals surface area contributed by atoms with Crippen molar-refractivity contribution >= 4 is 6.03 Å². The number of carbonyl (C=O) groups is 1. The van der Waals surface area contributed by atoms with Crippen molar-refractivity contribution in [3.05, 3.63) is 94.5 Å². The fraction of sp³-hybridized carbons (Fsp3) is 0.424. The van der Waals surface area contributed by atoms with Gasteiger partial charge in [0, 0.05) is 32.0 Å². The Bertz CT molecular complexity index is 1260. The summed E-state index contributed by atoms with van der Waals surface area (Å²) in [5.41, 5.74) is 12.0. The van der Waals surface area contributed by atoms with Gasteiger partial charge in [-0.3, -0.25) is 0 Å². The molecule has 0 saturated carbocycles. The van der Waals surface area contributed by atoms with Gasteiger partial charge in [-0.1, -0.05) is 73.7 Å². The molecule has 3 atom stereocenters. The molecule has 0 aliphatic carbocycles. The fourth-order valence-corrected chi connectivity index (χ4v) is 5.76. The number of hydrogen-bond acceptors (Lipinski definition) is 5. The van der Waals surface area contributed by atoms with Crippen molar-refractivity contribution in [3.8, 4) is 11.1 Å². The lowest BCUT2D eigenvalue weighted by Crippen LogP contribution is -2.46. The van der Waals surface area contributed by atoms with Crippen LogP contribution in [0, 0.1) is 12.8 Å². The Hall–Kier alpha value is -3.23. The van der Waals surface area contributed by atoms with Gasteiger partial charge in [0.1, 0.15) is 0 Å². The van der Waals surface area contributed by atoms with E-state index in [2.05, 4.69) is 79.1 Å². The Balaban J connectivity index is 1.52. The van der Waals surface area contributed by atoms with Crippen LogP contribution in [0.4, 0.5) is 4.79 Å². The average Bonchev–Trinajstić information content (AvgIpc) is 2.94. The highest BCUT2D eigenvalue weighted by Crippen LogP contribution is 2.43. The maximum atomic E-state index is 12.1. The van der Waals surface area contributed by atoms with E-state index in [4.69, 9.17) is 15.2 Å². The van der Waals surface area contributed by atoms with Gasteiger partial charge in [-0.05, 0) is 65.3 Å². The minimum Gasteiger partial charge on any atom is -0.384 e. The molecule has 2 amide bonds. The number of nitrogens with two attached hydrogens (primary N) is 1. The number of hydrogen-bond donors (Lipinski definition) is 4. The number of urea groups is 1. The van der Waals surface area contributed by atoms with Gasteiger partial charge in [0.15, 0.2) is 0 Å². The minimum absolute atomic E-state index is 0.0812. The molecule has 1 saturated heterocycles. The number of rotatable bonds is 12. The molecule has 5 N–H and O–H groups in total. The van der Waals surface area contributed by atoms with E-state index in [0.717, 1.165) is 45.5 Å². The first kappa shape index (κ1) is 29.7. The van der Waals surface area contributed by atoms with Crippen molar-refractivity contribution in [1.82, 2.24) is 10.6 Å². The summed E-state index contributed by atoms with van der Waals surface area (Å²) in [4.78, 5) is 11.1. The number of piperidine rings is 1. The molecule has 214 valence electrons. The summed E-state index contributed by atoms with van der Waals surface area (Å²) in [7, 11) is 1.71. The minimum atomic E-state index is -0.970. The monoisotopic (exact) mass is 545 g/mol. The molecule has 3 unspecified atom stereocenters. The van der Waals surface area contributed by atoms with Gasteiger partial charge in [-0.15, -0.1) is 0 Å². The zero-order chi connectivity index (χ0) is 28.5. The second-order valence-electron chi connectivity index (χ2n) is 11.0. The topological polar surface area (TPSA) is 106 Å². The highest BCUT2D eigenvalue weighted by molar-refractivity contribution is 5.72. The largest absolute Gasteiger partial charge is 0.384 e. The lowest BCUT2D eigenvalue weighted by molar-refractivity contribution is -0.0156. The van der Waals surface area contributed by atoms with E-state index >= 15 is 0 Å². The van der Waals surface area contributed by atoms with Gasteiger partial charge in [0.25, 0.3) is 0 Å². The van der Waals surface area contributed by atoms with Crippen LogP contribution in [0.15, 0.2) is 66.7 Å². The van der Waals surface area contributed by atoms with E-state index in [1.54, 1.807) is 7.11 Å². The number of benzene rings is 3. The Labute approximate surface area is 238 Å². The van der Waals surface area contributed by atoms with Crippen molar-refractivity contribution in [3.63, 3.8) is 0 Å². The van der Waals surface area contributed by atoms with Gasteiger partial charge >= 0.3 is 6.03 Å². The van der Waals surface area contributed by atoms with E-state index in [-0.39, 0.29) is 5.92 Å². The number of nitrogens with one attached hydrogen (secondary N) is 2. The molecule has 3 aromatic rings. The molecular formula is C33H43N3O4. The maximum Gasteiger partial charge on any atom is 0.312 e. The summed E-state index contributed by atoms with van der Waals surface area (Å²) in [5, 5.41) is 18.3. The highest BCUT2D eigenvalue weighted by atomic mass is 16.5. The number of aliphatic hydroxyl groups is 1. The van der Waals surface area contributed by atoms with Gasteiger partial charge in [0.2, 0.25) is 0 Å². The number of aryl methyl sites for hydroxylation is 1. The van der Waals surface area contributed by atoms with E-state index in [1.807, 2.05) is 12.1 Å². The zero-order valence-electron chi connectivity index (χ0n) is 23.9. The normalized spacial score (nSPS) is 19.8. The van der Waals surface area contributed by atoms with Crippen LogP contribution < -0.4 is 16.4 Å². The number of primary amides is 1. The first-order chi connectivity index (χ1) is 19.3. The fourth-order valence-electron chi connectivity index (χ4n) is 5.76. The molecule has 7 nitrogen and oxygen atoms in total. The third kappa shape index (κ3) is 7.29. The van der Waals surface area contributed by atoms with E-state index < -0.39 is 11.6 Å². The molecule has 0 bridgehead atoms. The Kier molecular flexibility index (Phi) is 10.3. The van der Waals surface area contributed by atoms with E-state index in [9.17, 15) is 9.90 Å². The quantitative estimate of drug-likeness (QED) is 0.265. The highest BCUT2D eigenvalue weighted by Gasteiger charge is 2.41. The molecule has 1 aliphatic rings. The predicted octanol–water partition coefficient (Wildman–Crippen LogP) is 4.64. The summed E-state index contributed by atoms with van der Waals surface area (Å²) < 4.78 is 11.0. The molecule has 0 radical (unpaired) electrons. The van der Waals surface area contributed by atoms with Crippen LogP contribution in [0.5, 0.6) is 0 Å². The molecule has 4 rings (SSSR count). The van der Waals surface area contributed by atoms with Crippen LogP contribution in [0.3, 0.4) is 0 Å². The molecule has 3 aromatic carbocycles. The van der Waals surface area contributed by atoms with E-state index in [1.165, 1.54) is 0 Å². The molecule has 1 heterocycles. The Morgan fingerprint density at radius 2 is 1.93 bits per heavy atom. The van der Waals surface area contributed by atoms with Crippen LogP contribution in [0.2, 0.25) is 0 Å². The second-order valence-corrected chi connectivity index (χ2v) is 11.0. The Morgan fingerprint density at radius 1 is 1.15 bits per heavy atom. The molecule has 1 fully saturated rings. The summed E-state index contributed by atoms with van der Waals surface area (Å²) in [6.45, 7) is 8.06. The summed E-state index contributed by atoms with van der Waals surface area (Å²) in [6, 6.07) is 22.5. The number of methoxy groups -OCH3 is 1. The van der Waals surface area contributed by atoms with Gasteiger partial charge in [-0.2, -0.15) is 0 Å². The zero-order valence-corrected chi connectivity index (χ0v) is 23.9. The molecule has 40 heavy (non-hydrogen) atoms. The first-order valence-corrected chi connectivity index (χ1v) is 14.1. The number of ether oxygens (including phenoxy) is 2. The molecular weight excluding hydrogens is 502 g/mol. The summed E-state index contributed by atoms with van der Waals surface area (Å²) >= 11 is 0. The SMILES string of the molecule is COCC(C)COCc1ccc(C2(O)CCNCC2c2ccc(-c3ccccc3CCNC(N)=O)cc2C)cc1. The van der Waals surface area contributed by atoms with Gasteiger partial charge < -0.3 is 30.9 Å². The molecule has 0 spiro atoms. The lowest BCUT2D eigenvalue weighted by atomic mass is 9.72. The van der Waals surface area contributed by atoms with Crippen molar-refractivity contribution in [1.29, 1.82) is 0 Å². The first-order valence-electron chi connectivity index (χ1n) is 14.1. The van der Waals surface area contributed by atoms with Crippen molar-refractivity contribution < 1.29 is 19.4 Å². The third-order valence-electron chi connectivity index (χ3n) is 7.85. The van der Waals surface area contributed by atoms with Gasteiger partial charge in [-0.25, -0.2) is 4.79 Å². The van der Waals surface area contributed by atoms with Crippen LogP contribution in [-0.4, -0.2) is 51.1 Å². The van der Waals surface area contributed by atoms with Crippen LogP contribution in [0.1, 0.15) is 47.1 Å². The Morgan fingerprint density at radius 3 is 2.65 bits per heavy atom. The lowest BCUT2D eigenvalue weighted by Gasteiger charge is -2.42. The average molecular weight is 546 g/mol. The van der Waals surface area contributed by atoms with Crippen molar-refractivity contribution in [2.45, 2.75) is 44.8 Å². The summed E-state index contributed by atoms with van der Waals surface area (Å²) in [5.74, 6) is 0.268.